The molecule has 0 bridgehead atoms. The van der Waals surface area contributed by atoms with E-state index in [-0.39, 0.29) is 5.91 Å². The molecule has 1 saturated heterocycles. The third kappa shape index (κ3) is 2.33. The van der Waals surface area contributed by atoms with Crippen molar-refractivity contribution < 1.29 is 9.21 Å². The van der Waals surface area contributed by atoms with Crippen LogP contribution in [0, 0.1) is 6.92 Å². The summed E-state index contributed by atoms with van der Waals surface area (Å²) in [6, 6.07) is 5.79. The van der Waals surface area contributed by atoms with Crippen LogP contribution in [0.15, 0.2) is 22.6 Å². The Morgan fingerprint density at radius 2 is 2.37 bits per heavy atom. The molecule has 3 heterocycles. The number of amides is 1. The molecule has 100 valence electrons. The van der Waals surface area contributed by atoms with E-state index in [1.54, 1.807) is 6.07 Å². The number of carbonyl (C=O) groups excluding carboxylic acids is 1. The number of aromatic nitrogens is 1. The van der Waals surface area contributed by atoms with E-state index in [4.69, 9.17) is 4.42 Å². The second-order valence-electron chi connectivity index (χ2n) is 5.05. The number of rotatable bonds is 1. The van der Waals surface area contributed by atoms with Crippen molar-refractivity contribution in [3.63, 3.8) is 0 Å². The second-order valence-corrected chi connectivity index (χ2v) is 5.05. The summed E-state index contributed by atoms with van der Waals surface area (Å²) in [5.74, 6) is 0.325. The molecule has 0 aromatic carbocycles. The molecule has 19 heavy (non-hydrogen) atoms. The van der Waals surface area contributed by atoms with Crippen molar-refractivity contribution >= 4 is 17.0 Å². The molecule has 2 aromatic rings. The van der Waals surface area contributed by atoms with Gasteiger partial charge in [0.1, 0.15) is 5.52 Å². The fourth-order valence-electron chi connectivity index (χ4n) is 2.40. The molecule has 1 aliphatic rings. The summed E-state index contributed by atoms with van der Waals surface area (Å²) >= 11 is 0. The van der Waals surface area contributed by atoms with E-state index in [9.17, 15) is 4.79 Å². The number of aryl methyl sites for hydroxylation is 1. The Morgan fingerprint density at radius 3 is 3.16 bits per heavy atom. The maximum absolute atomic E-state index is 12.4. The molecule has 5 nitrogen and oxygen atoms in total. The predicted octanol–water partition coefficient (Wildman–Crippen LogP) is 1.57. The number of fused-ring (bicyclic) bond motifs is 1. The molecule has 3 rings (SSSR count). The lowest BCUT2D eigenvalue weighted by atomic mass is 10.2. The van der Waals surface area contributed by atoms with E-state index in [2.05, 4.69) is 17.2 Å². The van der Waals surface area contributed by atoms with Crippen LogP contribution in [0.4, 0.5) is 0 Å². The molecular formula is C14H17N3O2. The fraction of sp³-hybridized carbons (Fsp3) is 0.429. The van der Waals surface area contributed by atoms with Crippen molar-refractivity contribution in [3.8, 4) is 0 Å². The summed E-state index contributed by atoms with van der Waals surface area (Å²) < 4.78 is 5.60. The van der Waals surface area contributed by atoms with Crippen molar-refractivity contribution in [1.82, 2.24) is 15.2 Å². The number of nitrogens with zero attached hydrogens (tertiary/aromatic N) is 2. The predicted molar refractivity (Wildman–Crippen MR) is 72.1 cm³/mol. The van der Waals surface area contributed by atoms with Gasteiger partial charge in [-0.15, -0.1) is 0 Å². The van der Waals surface area contributed by atoms with E-state index in [0.29, 0.717) is 30.5 Å². The molecule has 2 aromatic heterocycles. The number of furan rings is 1. The molecule has 0 saturated carbocycles. The zero-order chi connectivity index (χ0) is 13.4. The van der Waals surface area contributed by atoms with Crippen LogP contribution in [0.5, 0.6) is 0 Å². The van der Waals surface area contributed by atoms with Gasteiger partial charge in [0.05, 0.1) is 0 Å². The Bertz CT molecular complexity index is 620. The van der Waals surface area contributed by atoms with Crippen LogP contribution in [0.1, 0.15) is 23.2 Å². The van der Waals surface area contributed by atoms with Crippen LogP contribution < -0.4 is 5.32 Å². The monoisotopic (exact) mass is 259 g/mol. The Morgan fingerprint density at radius 1 is 1.53 bits per heavy atom. The van der Waals surface area contributed by atoms with Crippen LogP contribution >= 0.6 is 0 Å². The van der Waals surface area contributed by atoms with Crippen LogP contribution in [0.2, 0.25) is 0 Å². The van der Waals surface area contributed by atoms with Crippen LogP contribution in [0.3, 0.4) is 0 Å². The third-order valence-electron chi connectivity index (χ3n) is 3.38. The fourth-order valence-corrected chi connectivity index (χ4v) is 2.40. The van der Waals surface area contributed by atoms with Crippen molar-refractivity contribution in [3.05, 3.63) is 29.7 Å². The van der Waals surface area contributed by atoms with E-state index in [1.165, 1.54) is 0 Å². The van der Waals surface area contributed by atoms with Gasteiger partial charge in [0, 0.05) is 37.4 Å². The number of carbonyl (C=O) groups is 1. The quantitative estimate of drug-likeness (QED) is 0.844. The largest absolute Gasteiger partial charge is 0.449 e. The topological polar surface area (TPSA) is 58.4 Å². The van der Waals surface area contributed by atoms with Crippen molar-refractivity contribution in [2.24, 2.45) is 0 Å². The smallest absolute Gasteiger partial charge is 0.289 e. The average Bonchev–Trinajstić information content (AvgIpc) is 2.80. The Labute approximate surface area is 111 Å². The van der Waals surface area contributed by atoms with E-state index < -0.39 is 0 Å². The molecule has 1 atom stereocenters. The van der Waals surface area contributed by atoms with Crippen LogP contribution in [0.25, 0.3) is 11.1 Å². The highest BCUT2D eigenvalue weighted by atomic mass is 16.3. The standard InChI is InChI=1S/C14H17N3O2/c1-9-3-4-12-11(16-9)7-13(19-12)14(18)17-6-5-15-10(2)8-17/h3-4,7,10,15H,5-6,8H2,1-2H3. The van der Waals surface area contributed by atoms with Gasteiger partial charge in [-0.25, -0.2) is 4.98 Å². The molecule has 1 unspecified atom stereocenters. The molecule has 1 N–H and O–H groups in total. The molecule has 0 radical (unpaired) electrons. The zero-order valence-corrected chi connectivity index (χ0v) is 11.1. The normalized spacial score (nSPS) is 19.9. The first-order chi connectivity index (χ1) is 9.13. The maximum Gasteiger partial charge on any atom is 0.289 e. The van der Waals surface area contributed by atoms with Gasteiger partial charge in [-0.05, 0) is 26.0 Å². The summed E-state index contributed by atoms with van der Waals surface area (Å²) in [6.07, 6.45) is 0. The lowest BCUT2D eigenvalue weighted by Gasteiger charge is -2.31. The number of piperazine rings is 1. The molecule has 0 aliphatic carbocycles. The minimum atomic E-state index is -0.0518. The van der Waals surface area contributed by atoms with Crippen LogP contribution in [-0.4, -0.2) is 41.5 Å². The number of pyridine rings is 1. The first-order valence-electron chi connectivity index (χ1n) is 6.53. The van der Waals surface area contributed by atoms with Gasteiger partial charge in [0.15, 0.2) is 11.3 Å². The van der Waals surface area contributed by atoms with E-state index in [0.717, 1.165) is 17.8 Å². The van der Waals surface area contributed by atoms with Crippen molar-refractivity contribution in [2.45, 2.75) is 19.9 Å². The summed E-state index contributed by atoms with van der Waals surface area (Å²) in [5.41, 5.74) is 2.33. The van der Waals surface area contributed by atoms with Crippen molar-refractivity contribution in [1.29, 1.82) is 0 Å². The van der Waals surface area contributed by atoms with Gasteiger partial charge in [0.2, 0.25) is 0 Å². The average molecular weight is 259 g/mol. The Kier molecular flexibility index (Phi) is 2.98. The second kappa shape index (κ2) is 4.66. The molecule has 0 spiro atoms. The van der Waals surface area contributed by atoms with E-state index in [1.807, 2.05) is 24.0 Å². The summed E-state index contributed by atoms with van der Waals surface area (Å²) in [5, 5.41) is 3.32. The highest BCUT2D eigenvalue weighted by Crippen LogP contribution is 2.19. The Balaban J connectivity index is 1.88. The first-order valence-corrected chi connectivity index (χ1v) is 6.53. The molecular weight excluding hydrogens is 242 g/mol. The molecule has 1 amide bonds. The highest BCUT2D eigenvalue weighted by Gasteiger charge is 2.24. The SMILES string of the molecule is Cc1ccc2oc(C(=O)N3CCNC(C)C3)cc2n1. The number of nitrogens with one attached hydrogen (secondary N) is 1. The zero-order valence-electron chi connectivity index (χ0n) is 11.1. The first kappa shape index (κ1) is 12.2. The maximum atomic E-state index is 12.4. The summed E-state index contributed by atoms with van der Waals surface area (Å²) in [7, 11) is 0. The van der Waals surface area contributed by atoms with Gasteiger partial charge < -0.3 is 14.6 Å². The minimum Gasteiger partial charge on any atom is -0.449 e. The van der Waals surface area contributed by atoms with Gasteiger partial charge in [-0.1, -0.05) is 0 Å². The lowest BCUT2D eigenvalue weighted by Crippen LogP contribution is -2.51. The minimum absolute atomic E-state index is 0.0518. The summed E-state index contributed by atoms with van der Waals surface area (Å²) in [6.45, 7) is 6.24. The van der Waals surface area contributed by atoms with Crippen LogP contribution in [-0.2, 0) is 0 Å². The molecule has 1 aliphatic heterocycles. The number of hydrogen-bond donors (Lipinski definition) is 1. The molecule has 1 fully saturated rings. The van der Waals surface area contributed by atoms with E-state index >= 15 is 0 Å². The Hall–Kier alpha value is -1.88. The van der Waals surface area contributed by atoms with Gasteiger partial charge in [-0.2, -0.15) is 0 Å². The highest BCUT2D eigenvalue weighted by molar-refractivity contribution is 5.95. The van der Waals surface area contributed by atoms with Gasteiger partial charge >= 0.3 is 0 Å². The number of hydrogen-bond acceptors (Lipinski definition) is 4. The van der Waals surface area contributed by atoms with Gasteiger partial charge in [-0.3, -0.25) is 4.79 Å². The lowest BCUT2D eigenvalue weighted by molar-refractivity contribution is 0.0679. The third-order valence-corrected chi connectivity index (χ3v) is 3.38. The summed E-state index contributed by atoms with van der Waals surface area (Å²) in [4.78, 5) is 18.6. The van der Waals surface area contributed by atoms with Gasteiger partial charge in [0.25, 0.3) is 5.91 Å². The van der Waals surface area contributed by atoms with Crippen molar-refractivity contribution in [2.75, 3.05) is 19.6 Å². The molecule has 5 heteroatoms.